The van der Waals surface area contributed by atoms with Gasteiger partial charge < -0.3 is 0 Å². The molecule has 0 amide bonds. The molecule has 3 fully saturated rings. The Hall–Kier alpha value is 0.860. The van der Waals surface area contributed by atoms with Gasteiger partial charge in [0, 0.05) is 47.1 Å². The van der Waals surface area contributed by atoms with Crippen LogP contribution in [0.15, 0.2) is 0 Å². The molecule has 0 aromatic heterocycles. The molecule has 0 aliphatic carbocycles. The Labute approximate surface area is 89.9 Å². The van der Waals surface area contributed by atoms with Gasteiger partial charge in [-0.15, -0.1) is 0 Å². The molecule has 0 radical (unpaired) electrons. The van der Waals surface area contributed by atoms with Gasteiger partial charge in [0.05, 0.1) is 11.8 Å². The van der Waals surface area contributed by atoms with E-state index >= 15 is 0 Å². The van der Waals surface area contributed by atoms with E-state index in [0.29, 0.717) is 0 Å². The molecular weight excluding hydrogens is 206 g/mol. The van der Waals surface area contributed by atoms with Crippen molar-refractivity contribution >= 4 is 14.5 Å². The van der Waals surface area contributed by atoms with Crippen LogP contribution < -0.4 is 0 Å². The Balaban J connectivity index is 2.01. The van der Waals surface area contributed by atoms with Gasteiger partial charge in [-0.25, -0.2) is 0 Å². The summed E-state index contributed by atoms with van der Waals surface area (Å²) in [5, 5.41) is 0. The van der Waals surface area contributed by atoms with Crippen molar-refractivity contribution in [3.8, 4) is 0 Å². The molecule has 14 heavy (non-hydrogen) atoms. The second-order valence-corrected chi connectivity index (χ2v) is 16.0. The third-order valence-corrected chi connectivity index (χ3v) is 14.3. The molecule has 4 atom stereocenters. The number of fused-ring (bicyclic) bond motifs is 5. The molecule has 80 valence electrons. The van der Waals surface area contributed by atoms with Gasteiger partial charge in [0.1, 0.15) is 11.3 Å². The molecule has 0 saturated carbocycles. The Morgan fingerprint density at radius 2 is 1.50 bits per heavy atom. The second kappa shape index (κ2) is 2.75. The molecule has 0 aromatic rings. The van der Waals surface area contributed by atoms with Crippen molar-refractivity contribution in [1.82, 2.24) is 0 Å². The quantitative estimate of drug-likeness (QED) is 0.559. The molecule has 0 nitrogen and oxygen atoms in total. The lowest BCUT2D eigenvalue weighted by molar-refractivity contribution is 0.431. The van der Waals surface area contributed by atoms with Crippen LogP contribution in [0.25, 0.3) is 0 Å². The first-order valence-corrected chi connectivity index (χ1v) is 11.9. The summed E-state index contributed by atoms with van der Waals surface area (Å²) in [6.07, 6.45) is 6.44. The van der Waals surface area contributed by atoms with Crippen molar-refractivity contribution < 1.29 is 0 Å². The van der Waals surface area contributed by atoms with Crippen molar-refractivity contribution in [3.63, 3.8) is 0 Å². The third-order valence-electron chi connectivity index (χ3n) is 5.64. The summed E-state index contributed by atoms with van der Waals surface area (Å²) in [5.74, 6) is 1.19. The SMILES string of the molecule is C[P+]1(C)CC[C@@H]2[C@H]1[C@@H]1CC[C@H]2[P+]1(C)C. The van der Waals surface area contributed by atoms with Crippen molar-refractivity contribution in [1.29, 1.82) is 0 Å². The molecule has 2 bridgehead atoms. The van der Waals surface area contributed by atoms with Crippen LogP contribution in [0.1, 0.15) is 19.3 Å². The minimum absolute atomic E-state index is 0.491. The van der Waals surface area contributed by atoms with Gasteiger partial charge in [-0.05, 0) is 19.3 Å². The first-order chi connectivity index (χ1) is 6.44. The fraction of sp³-hybridized carbons (Fsp3) is 1.00. The van der Waals surface area contributed by atoms with Gasteiger partial charge in [0.2, 0.25) is 0 Å². The summed E-state index contributed by atoms with van der Waals surface area (Å²) < 4.78 is 0. The Kier molecular flexibility index (Phi) is 1.97. The maximum Gasteiger partial charge on any atom is 0.112 e. The molecule has 2 heteroatoms. The summed E-state index contributed by atoms with van der Waals surface area (Å²) >= 11 is 0. The predicted octanol–water partition coefficient (Wildman–Crippen LogP) is 3.47. The lowest BCUT2D eigenvalue weighted by Gasteiger charge is -2.26. The second-order valence-electron chi connectivity index (χ2n) is 6.79. The molecule has 3 aliphatic heterocycles. The Bertz CT molecular complexity index is 269. The van der Waals surface area contributed by atoms with Crippen LogP contribution >= 0.6 is 14.5 Å². The highest BCUT2D eigenvalue weighted by atomic mass is 31.2. The van der Waals surface area contributed by atoms with Crippen LogP contribution in [0.4, 0.5) is 0 Å². The van der Waals surface area contributed by atoms with Crippen molar-refractivity contribution in [2.24, 2.45) is 5.92 Å². The van der Waals surface area contributed by atoms with Gasteiger partial charge >= 0.3 is 0 Å². The predicted molar refractivity (Wildman–Crippen MR) is 71.1 cm³/mol. The Morgan fingerprint density at radius 3 is 2.14 bits per heavy atom. The van der Waals surface area contributed by atoms with Crippen molar-refractivity contribution in [3.05, 3.63) is 0 Å². The number of hydrogen-bond donors (Lipinski definition) is 0. The van der Waals surface area contributed by atoms with Crippen LogP contribution in [0.5, 0.6) is 0 Å². The van der Waals surface area contributed by atoms with E-state index in [-0.39, 0.29) is 0 Å². The summed E-state index contributed by atoms with van der Waals surface area (Å²) in [4.78, 5) is 0. The molecule has 3 saturated heterocycles. The summed E-state index contributed by atoms with van der Waals surface area (Å²) in [6.45, 7) is 10.7. The fourth-order valence-electron chi connectivity index (χ4n) is 5.02. The van der Waals surface area contributed by atoms with E-state index in [4.69, 9.17) is 0 Å². The van der Waals surface area contributed by atoms with Gasteiger partial charge in [0.15, 0.2) is 0 Å². The van der Waals surface area contributed by atoms with Gasteiger partial charge in [-0.2, -0.15) is 0 Å². The molecule has 0 unspecified atom stereocenters. The van der Waals surface area contributed by atoms with Gasteiger partial charge in [-0.3, -0.25) is 0 Å². The highest BCUT2D eigenvalue weighted by Gasteiger charge is 2.73. The first kappa shape index (κ1) is 10.0. The average molecular weight is 230 g/mol. The number of hydrogen-bond acceptors (Lipinski definition) is 0. The van der Waals surface area contributed by atoms with Crippen LogP contribution in [-0.4, -0.2) is 49.8 Å². The summed E-state index contributed by atoms with van der Waals surface area (Å²) in [5.41, 5.74) is 3.65. The topological polar surface area (TPSA) is 0 Å². The molecule has 0 N–H and O–H groups in total. The molecule has 0 spiro atoms. The van der Waals surface area contributed by atoms with Crippen LogP contribution in [0.2, 0.25) is 0 Å². The molecule has 3 aliphatic rings. The van der Waals surface area contributed by atoms with Gasteiger partial charge in [0.25, 0.3) is 0 Å². The highest BCUT2D eigenvalue weighted by molar-refractivity contribution is 7.81. The minimum Gasteiger partial charge on any atom is -0.0121 e. The average Bonchev–Trinajstić information content (AvgIpc) is 2.61. The standard InChI is InChI=1S/C12H24P2/c1-13(2)8-7-9-10-5-6-11(12(9)13)14(10,3)4/h9-12H,5-8H2,1-4H3/q+2/t9-,10+,11-,12-/m0/s1. The zero-order valence-electron chi connectivity index (χ0n) is 10.0. The van der Waals surface area contributed by atoms with Crippen molar-refractivity contribution in [2.75, 3.05) is 32.8 Å². The van der Waals surface area contributed by atoms with E-state index in [2.05, 4.69) is 26.7 Å². The molecular formula is C12H24P2+2. The van der Waals surface area contributed by atoms with E-state index in [1.807, 2.05) is 0 Å². The third kappa shape index (κ3) is 1.03. The number of rotatable bonds is 0. The normalized spacial score (nSPS) is 52.3. The van der Waals surface area contributed by atoms with E-state index in [1.165, 1.54) is 22.9 Å². The van der Waals surface area contributed by atoms with Gasteiger partial charge in [-0.1, -0.05) is 0 Å². The van der Waals surface area contributed by atoms with Crippen LogP contribution in [-0.2, 0) is 0 Å². The molecule has 0 aromatic carbocycles. The Morgan fingerprint density at radius 1 is 0.857 bits per heavy atom. The summed E-state index contributed by atoms with van der Waals surface area (Å²) in [6, 6.07) is 0. The van der Waals surface area contributed by atoms with E-state index in [0.717, 1.165) is 0 Å². The largest absolute Gasteiger partial charge is 0.112 e. The van der Waals surface area contributed by atoms with E-state index in [1.54, 1.807) is 25.4 Å². The molecule has 3 rings (SSSR count). The summed E-state index contributed by atoms with van der Waals surface area (Å²) in [7, 11) is -0.985. The van der Waals surface area contributed by atoms with Crippen molar-refractivity contribution in [2.45, 2.75) is 36.2 Å². The monoisotopic (exact) mass is 230 g/mol. The smallest absolute Gasteiger partial charge is 0.0121 e. The first-order valence-electron chi connectivity index (χ1n) is 6.10. The zero-order valence-corrected chi connectivity index (χ0v) is 11.8. The minimum atomic E-state index is -0.494. The lowest BCUT2D eigenvalue weighted by atomic mass is 9.87. The molecule has 3 heterocycles. The maximum atomic E-state index is 2.67. The van der Waals surface area contributed by atoms with Crippen LogP contribution in [0.3, 0.4) is 0 Å². The van der Waals surface area contributed by atoms with E-state index < -0.39 is 14.5 Å². The lowest BCUT2D eigenvalue weighted by Crippen LogP contribution is -2.28. The zero-order chi connectivity index (χ0) is 10.1. The van der Waals surface area contributed by atoms with Crippen LogP contribution in [0, 0.1) is 5.92 Å². The fourth-order valence-corrected chi connectivity index (χ4v) is 15.5. The maximum absolute atomic E-state index is 2.67. The highest BCUT2D eigenvalue weighted by Crippen LogP contribution is 2.85. The van der Waals surface area contributed by atoms with E-state index in [9.17, 15) is 0 Å².